The minimum absolute atomic E-state index is 0.0518. The molecule has 3 amide bonds. The van der Waals surface area contributed by atoms with Crippen molar-refractivity contribution in [2.24, 2.45) is 5.41 Å². The fourth-order valence-electron chi connectivity index (χ4n) is 1.97. The highest BCUT2D eigenvalue weighted by atomic mass is 16.5. The number of nitrogens with zero attached hydrogens (tertiary/aromatic N) is 1. The third-order valence-electron chi connectivity index (χ3n) is 3.39. The first-order valence-electron chi connectivity index (χ1n) is 6.69. The van der Waals surface area contributed by atoms with Gasteiger partial charge in [0, 0.05) is 13.0 Å². The average molecular weight is 286 g/mol. The summed E-state index contributed by atoms with van der Waals surface area (Å²) in [6.45, 7) is 6.17. The number of hydrogen-bond acceptors (Lipinski definition) is 4. The summed E-state index contributed by atoms with van der Waals surface area (Å²) in [5.74, 6) is -1.65. The van der Waals surface area contributed by atoms with E-state index >= 15 is 0 Å². The highest BCUT2D eigenvalue weighted by molar-refractivity contribution is 5.96. The number of hydrogen-bond donors (Lipinski definition) is 2. The maximum atomic E-state index is 12.0. The van der Waals surface area contributed by atoms with Crippen LogP contribution in [0.3, 0.4) is 0 Å². The smallest absolute Gasteiger partial charge is 0.324 e. The highest BCUT2D eigenvalue weighted by Gasteiger charge is 2.32. The zero-order chi connectivity index (χ0) is 15.3. The Labute approximate surface area is 118 Å². The van der Waals surface area contributed by atoms with Crippen LogP contribution in [-0.2, 0) is 14.3 Å². The molecule has 7 nitrogen and oxygen atoms in total. The first-order valence-corrected chi connectivity index (χ1v) is 6.69. The Hall–Kier alpha value is -1.63. The number of aliphatic carboxylic acids is 1. The van der Waals surface area contributed by atoms with Crippen molar-refractivity contribution in [3.05, 3.63) is 0 Å². The van der Waals surface area contributed by atoms with E-state index in [9.17, 15) is 14.4 Å². The number of carbonyl (C=O) groups is 3. The van der Waals surface area contributed by atoms with Gasteiger partial charge < -0.3 is 14.7 Å². The summed E-state index contributed by atoms with van der Waals surface area (Å²) in [5.41, 5.74) is -1.19. The summed E-state index contributed by atoms with van der Waals surface area (Å²) in [6, 6.07) is -0.532. The normalized spacial score (nSPS) is 19.6. The molecule has 1 aliphatic heterocycles. The van der Waals surface area contributed by atoms with Gasteiger partial charge in [0.1, 0.15) is 0 Å². The lowest BCUT2D eigenvalue weighted by Crippen LogP contribution is -2.53. The number of urea groups is 1. The number of ether oxygens (including phenoxy) is 1. The standard InChI is InChI=1S/C13H22N2O5/c1-4-9-8-20-6-5-15(9)12(19)14-10(16)7-13(2,3)11(17)18/h9H,4-8H2,1-3H3,(H,17,18)(H,14,16,19). The first-order chi connectivity index (χ1) is 9.27. The number of carbonyl (C=O) groups excluding carboxylic acids is 2. The van der Waals surface area contributed by atoms with E-state index in [0.29, 0.717) is 19.8 Å². The molecule has 0 aromatic rings. The van der Waals surface area contributed by atoms with Crippen LogP contribution >= 0.6 is 0 Å². The third-order valence-corrected chi connectivity index (χ3v) is 3.39. The Morgan fingerprint density at radius 1 is 1.40 bits per heavy atom. The van der Waals surface area contributed by atoms with Crippen molar-refractivity contribution in [2.75, 3.05) is 19.8 Å². The van der Waals surface area contributed by atoms with Crippen LogP contribution in [0.5, 0.6) is 0 Å². The minimum atomic E-state index is -1.19. The Kier molecular flexibility index (Phi) is 5.50. The lowest BCUT2D eigenvalue weighted by molar-refractivity contribution is -0.149. The lowest BCUT2D eigenvalue weighted by Gasteiger charge is -2.34. The van der Waals surface area contributed by atoms with Gasteiger partial charge in [-0.2, -0.15) is 0 Å². The van der Waals surface area contributed by atoms with Crippen LogP contribution in [0.2, 0.25) is 0 Å². The number of morpholine rings is 1. The zero-order valence-electron chi connectivity index (χ0n) is 12.1. The van der Waals surface area contributed by atoms with Gasteiger partial charge in [-0.3, -0.25) is 14.9 Å². The van der Waals surface area contributed by atoms with Crippen molar-refractivity contribution in [3.63, 3.8) is 0 Å². The molecule has 2 N–H and O–H groups in total. The van der Waals surface area contributed by atoms with E-state index in [1.807, 2.05) is 6.92 Å². The summed E-state index contributed by atoms with van der Waals surface area (Å²) < 4.78 is 5.29. The van der Waals surface area contributed by atoms with Crippen molar-refractivity contribution >= 4 is 17.9 Å². The maximum Gasteiger partial charge on any atom is 0.324 e. The molecule has 0 spiro atoms. The second-order valence-corrected chi connectivity index (χ2v) is 5.55. The molecular formula is C13H22N2O5. The monoisotopic (exact) mass is 286 g/mol. The summed E-state index contributed by atoms with van der Waals surface area (Å²) in [5, 5.41) is 11.2. The van der Waals surface area contributed by atoms with Crippen LogP contribution < -0.4 is 5.32 Å². The number of carboxylic acids is 1. The molecule has 1 saturated heterocycles. The fourth-order valence-corrected chi connectivity index (χ4v) is 1.97. The van der Waals surface area contributed by atoms with Gasteiger partial charge in [0.2, 0.25) is 5.91 Å². The summed E-state index contributed by atoms with van der Waals surface area (Å²) in [6.07, 6.45) is 0.497. The van der Waals surface area contributed by atoms with Gasteiger partial charge in [0.25, 0.3) is 0 Å². The SMILES string of the molecule is CCC1COCCN1C(=O)NC(=O)CC(C)(C)C(=O)O. The lowest BCUT2D eigenvalue weighted by atomic mass is 9.89. The fraction of sp³-hybridized carbons (Fsp3) is 0.769. The van der Waals surface area contributed by atoms with E-state index in [2.05, 4.69) is 5.32 Å². The van der Waals surface area contributed by atoms with E-state index in [-0.39, 0.29) is 12.5 Å². The van der Waals surface area contributed by atoms with Crippen LogP contribution in [0.4, 0.5) is 4.79 Å². The molecule has 1 rings (SSSR count). The van der Waals surface area contributed by atoms with Crippen molar-refractivity contribution in [3.8, 4) is 0 Å². The molecular weight excluding hydrogens is 264 g/mol. The molecule has 7 heteroatoms. The molecule has 1 fully saturated rings. The Balaban J connectivity index is 2.57. The second-order valence-electron chi connectivity index (χ2n) is 5.55. The molecule has 1 heterocycles. The predicted molar refractivity (Wildman–Crippen MR) is 71.2 cm³/mol. The van der Waals surface area contributed by atoms with E-state index < -0.39 is 23.3 Å². The summed E-state index contributed by atoms with van der Waals surface area (Å²) in [4.78, 5) is 36.3. The summed E-state index contributed by atoms with van der Waals surface area (Å²) >= 11 is 0. The minimum Gasteiger partial charge on any atom is -0.481 e. The van der Waals surface area contributed by atoms with Crippen LogP contribution in [0.1, 0.15) is 33.6 Å². The van der Waals surface area contributed by atoms with E-state index in [1.54, 1.807) is 4.90 Å². The van der Waals surface area contributed by atoms with E-state index in [4.69, 9.17) is 9.84 Å². The van der Waals surface area contributed by atoms with Crippen LogP contribution in [0, 0.1) is 5.41 Å². The predicted octanol–water partition coefficient (Wildman–Crippen LogP) is 0.834. The number of carboxylic acid groups (broad SMARTS) is 1. The van der Waals surface area contributed by atoms with Crippen molar-refractivity contribution in [2.45, 2.75) is 39.7 Å². The Morgan fingerprint density at radius 3 is 2.60 bits per heavy atom. The molecule has 1 unspecified atom stereocenters. The molecule has 0 bridgehead atoms. The van der Waals surface area contributed by atoms with Gasteiger partial charge in [-0.1, -0.05) is 6.92 Å². The highest BCUT2D eigenvalue weighted by Crippen LogP contribution is 2.20. The van der Waals surface area contributed by atoms with Gasteiger partial charge in [-0.05, 0) is 20.3 Å². The van der Waals surface area contributed by atoms with Crippen molar-refractivity contribution in [1.29, 1.82) is 0 Å². The van der Waals surface area contributed by atoms with Gasteiger partial charge in [-0.25, -0.2) is 4.79 Å². The number of imide groups is 1. The van der Waals surface area contributed by atoms with Crippen molar-refractivity contribution in [1.82, 2.24) is 10.2 Å². The molecule has 114 valence electrons. The number of rotatable bonds is 4. The van der Waals surface area contributed by atoms with Gasteiger partial charge in [0.15, 0.2) is 0 Å². The van der Waals surface area contributed by atoms with Crippen LogP contribution in [0.25, 0.3) is 0 Å². The molecule has 0 aliphatic carbocycles. The second kappa shape index (κ2) is 6.69. The average Bonchev–Trinajstić information content (AvgIpc) is 2.37. The number of amides is 3. The Bertz CT molecular complexity index is 394. The van der Waals surface area contributed by atoms with Gasteiger partial charge in [0.05, 0.1) is 24.7 Å². The van der Waals surface area contributed by atoms with Gasteiger partial charge >= 0.3 is 12.0 Å². The first kappa shape index (κ1) is 16.4. The van der Waals surface area contributed by atoms with Crippen molar-refractivity contribution < 1.29 is 24.2 Å². The van der Waals surface area contributed by atoms with Gasteiger partial charge in [-0.15, -0.1) is 0 Å². The third kappa shape index (κ3) is 4.19. The summed E-state index contributed by atoms with van der Waals surface area (Å²) in [7, 11) is 0. The van der Waals surface area contributed by atoms with Crippen LogP contribution in [0.15, 0.2) is 0 Å². The largest absolute Gasteiger partial charge is 0.481 e. The molecule has 1 aliphatic rings. The zero-order valence-corrected chi connectivity index (χ0v) is 12.1. The molecule has 0 aromatic heterocycles. The van der Waals surface area contributed by atoms with Crippen LogP contribution in [-0.4, -0.2) is 53.7 Å². The maximum absolute atomic E-state index is 12.0. The topological polar surface area (TPSA) is 95.9 Å². The quantitative estimate of drug-likeness (QED) is 0.798. The van der Waals surface area contributed by atoms with E-state index in [1.165, 1.54) is 13.8 Å². The molecule has 1 atom stereocenters. The molecule has 0 saturated carbocycles. The molecule has 0 aromatic carbocycles. The molecule has 0 radical (unpaired) electrons. The number of nitrogens with one attached hydrogen (secondary N) is 1. The Morgan fingerprint density at radius 2 is 2.05 bits per heavy atom. The van der Waals surface area contributed by atoms with E-state index in [0.717, 1.165) is 6.42 Å². The molecule has 20 heavy (non-hydrogen) atoms.